The summed E-state index contributed by atoms with van der Waals surface area (Å²) < 4.78 is 12.6. The van der Waals surface area contributed by atoms with Gasteiger partial charge in [-0.3, -0.25) is 9.59 Å². The van der Waals surface area contributed by atoms with Crippen LogP contribution in [0.3, 0.4) is 0 Å². The standard InChI is InChI=1S/C24H29BrN4O4/c1-13-16-8-14(24(16,2)3)9-17(13)28-18-11-26-29(23(31)22(18)25)12-21(30)27-15-4-5-19-20(10-15)33-7-6-32-19/h4-5,10-11,13-14,16-17,28H,6-9,12H2,1-3H3,(H,27,30)/t13-,14+,16-,17-/m1/s1. The van der Waals surface area contributed by atoms with Gasteiger partial charge in [-0.25, -0.2) is 4.68 Å². The number of carbonyl (C=O) groups excluding carboxylic acids is 1. The van der Waals surface area contributed by atoms with E-state index in [9.17, 15) is 9.59 Å². The summed E-state index contributed by atoms with van der Waals surface area (Å²) in [5.74, 6) is 2.83. The quantitative estimate of drug-likeness (QED) is 0.625. The van der Waals surface area contributed by atoms with E-state index in [1.54, 1.807) is 24.4 Å². The highest BCUT2D eigenvalue weighted by Crippen LogP contribution is 2.61. The highest BCUT2D eigenvalue weighted by atomic mass is 79.9. The van der Waals surface area contributed by atoms with Gasteiger partial charge in [-0.2, -0.15) is 5.10 Å². The summed E-state index contributed by atoms with van der Waals surface area (Å²) in [6.07, 6.45) is 4.02. The van der Waals surface area contributed by atoms with E-state index < -0.39 is 0 Å². The Morgan fingerprint density at radius 1 is 1.24 bits per heavy atom. The lowest BCUT2D eigenvalue weighted by molar-refractivity contribution is -0.117. The van der Waals surface area contributed by atoms with Crippen LogP contribution < -0.4 is 25.7 Å². The molecule has 2 heterocycles. The van der Waals surface area contributed by atoms with E-state index in [-0.39, 0.29) is 18.0 Å². The summed E-state index contributed by atoms with van der Waals surface area (Å²) in [6.45, 7) is 7.82. The SMILES string of the molecule is C[C@@H]1[C@H]2C[C@@H](C[C@H]1Nc1cnn(CC(=O)Nc3ccc4c(c3)OCCO4)c(=O)c1Br)C2(C)C. The van der Waals surface area contributed by atoms with Crippen molar-refractivity contribution < 1.29 is 14.3 Å². The molecule has 0 spiro atoms. The second-order valence-corrected chi connectivity index (χ2v) is 10.7. The normalized spacial score (nSPS) is 26.8. The second kappa shape index (κ2) is 8.34. The first kappa shape index (κ1) is 22.3. The van der Waals surface area contributed by atoms with Crippen LogP contribution in [0.1, 0.15) is 33.6 Å². The number of fused-ring (bicyclic) bond motifs is 3. The van der Waals surface area contributed by atoms with Crippen LogP contribution in [0.4, 0.5) is 11.4 Å². The molecule has 9 heteroatoms. The molecule has 33 heavy (non-hydrogen) atoms. The summed E-state index contributed by atoms with van der Waals surface area (Å²) in [5, 5.41) is 10.6. The van der Waals surface area contributed by atoms with E-state index in [2.05, 4.69) is 52.4 Å². The van der Waals surface area contributed by atoms with E-state index >= 15 is 0 Å². The zero-order valence-corrected chi connectivity index (χ0v) is 20.6. The molecule has 4 atom stereocenters. The number of hydrogen-bond acceptors (Lipinski definition) is 6. The Hall–Kier alpha value is -2.55. The van der Waals surface area contributed by atoms with Crippen molar-refractivity contribution in [2.45, 2.75) is 46.2 Å². The van der Waals surface area contributed by atoms with Gasteiger partial charge in [0, 0.05) is 17.8 Å². The van der Waals surface area contributed by atoms with Gasteiger partial charge in [-0.1, -0.05) is 20.8 Å². The van der Waals surface area contributed by atoms with Gasteiger partial charge in [0.15, 0.2) is 11.5 Å². The number of amides is 1. The third-order valence-electron chi connectivity index (χ3n) is 7.80. The van der Waals surface area contributed by atoms with Gasteiger partial charge in [0.2, 0.25) is 5.91 Å². The van der Waals surface area contributed by atoms with Gasteiger partial charge >= 0.3 is 0 Å². The highest BCUT2D eigenvalue weighted by Gasteiger charge is 2.56. The molecule has 2 aromatic rings. The van der Waals surface area contributed by atoms with Crippen molar-refractivity contribution >= 4 is 33.2 Å². The molecule has 176 valence electrons. The summed E-state index contributed by atoms with van der Waals surface area (Å²) in [5.41, 5.74) is 1.31. The van der Waals surface area contributed by atoms with E-state index in [0.29, 0.717) is 69.8 Å². The van der Waals surface area contributed by atoms with E-state index in [1.165, 1.54) is 6.42 Å². The lowest BCUT2D eigenvalue weighted by Crippen LogP contribution is -2.58. The Bertz CT molecular complexity index is 1150. The van der Waals surface area contributed by atoms with Gasteiger partial charge < -0.3 is 20.1 Å². The van der Waals surface area contributed by atoms with Gasteiger partial charge in [0.1, 0.15) is 24.2 Å². The predicted molar refractivity (Wildman–Crippen MR) is 129 cm³/mol. The first-order chi connectivity index (χ1) is 15.7. The number of benzene rings is 1. The summed E-state index contributed by atoms with van der Waals surface area (Å²) in [7, 11) is 0. The topological polar surface area (TPSA) is 94.5 Å². The second-order valence-electron chi connectivity index (χ2n) is 9.95. The van der Waals surface area contributed by atoms with E-state index in [1.807, 2.05) is 0 Å². The average Bonchev–Trinajstić information content (AvgIpc) is 2.79. The molecule has 3 saturated carbocycles. The molecule has 6 rings (SSSR count). The lowest BCUT2D eigenvalue weighted by atomic mass is 9.45. The van der Waals surface area contributed by atoms with Gasteiger partial charge in [0.25, 0.3) is 5.56 Å². The number of carbonyl (C=O) groups is 1. The predicted octanol–water partition coefficient (Wildman–Crippen LogP) is 3.90. The smallest absolute Gasteiger partial charge is 0.283 e. The van der Waals surface area contributed by atoms with Crippen molar-refractivity contribution in [3.05, 3.63) is 39.2 Å². The minimum atomic E-state index is -0.350. The lowest BCUT2D eigenvalue weighted by Gasteiger charge is -2.62. The first-order valence-corrected chi connectivity index (χ1v) is 12.2. The van der Waals surface area contributed by atoms with Crippen LogP contribution in [0.25, 0.3) is 0 Å². The molecule has 1 aromatic heterocycles. The van der Waals surface area contributed by atoms with Crippen molar-refractivity contribution in [2.75, 3.05) is 23.8 Å². The fraction of sp³-hybridized carbons (Fsp3) is 0.542. The van der Waals surface area contributed by atoms with Crippen LogP contribution in [-0.2, 0) is 11.3 Å². The zero-order valence-electron chi connectivity index (χ0n) is 19.1. The Balaban J connectivity index is 1.24. The Morgan fingerprint density at radius 3 is 2.73 bits per heavy atom. The number of halogens is 1. The summed E-state index contributed by atoms with van der Waals surface area (Å²) in [4.78, 5) is 25.4. The van der Waals surface area contributed by atoms with Gasteiger partial charge in [-0.05, 0) is 64.1 Å². The van der Waals surface area contributed by atoms with Crippen LogP contribution in [0.5, 0.6) is 11.5 Å². The number of anilines is 2. The van der Waals surface area contributed by atoms with Gasteiger partial charge in [-0.15, -0.1) is 0 Å². The molecule has 3 fully saturated rings. The first-order valence-electron chi connectivity index (χ1n) is 11.5. The minimum Gasteiger partial charge on any atom is -0.486 e. The maximum Gasteiger partial charge on any atom is 0.283 e. The molecule has 1 aromatic carbocycles. The summed E-state index contributed by atoms with van der Waals surface area (Å²) in [6, 6.07) is 5.52. The molecule has 0 saturated heterocycles. The van der Waals surface area contributed by atoms with E-state index in [4.69, 9.17) is 9.47 Å². The number of aromatic nitrogens is 2. The maximum atomic E-state index is 12.9. The third kappa shape index (κ3) is 4.00. The average molecular weight is 517 g/mol. The molecule has 0 radical (unpaired) electrons. The van der Waals surface area contributed by atoms with Crippen molar-refractivity contribution in [1.29, 1.82) is 0 Å². The molecular weight excluding hydrogens is 488 g/mol. The Morgan fingerprint density at radius 2 is 2.00 bits per heavy atom. The van der Waals surface area contributed by atoms with Gasteiger partial charge in [0.05, 0.1) is 11.9 Å². The molecular formula is C24H29BrN4O4. The molecule has 0 unspecified atom stereocenters. The summed E-state index contributed by atoms with van der Waals surface area (Å²) >= 11 is 3.43. The number of rotatable bonds is 5. The van der Waals surface area contributed by atoms with Crippen molar-refractivity contribution in [3.8, 4) is 11.5 Å². The molecule has 2 N–H and O–H groups in total. The monoisotopic (exact) mass is 516 g/mol. The maximum absolute atomic E-state index is 12.9. The Labute approximate surface area is 201 Å². The number of hydrogen-bond donors (Lipinski definition) is 2. The van der Waals surface area contributed by atoms with Crippen LogP contribution in [0, 0.1) is 23.2 Å². The van der Waals surface area contributed by atoms with Crippen LogP contribution in [0.2, 0.25) is 0 Å². The van der Waals surface area contributed by atoms with Crippen molar-refractivity contribution in [2.24, 2.45) is 23.2 Å². The third-order valence-corrected chi connectivity index (χ3v) is 8.57. The van der Waals surface area contributed by atoms with Crippen LogP contribution in [-0.4, -0.2) is 34.9 Å². The van der Waals surface area contributed by atoms with Crippen molar-refractivity contribution in [1.82, 2.24) is 9.78 Å². The number of nitrogens with one attached hydrogen (secondary N) is 2. The number of ether oxygens (including phenoxy) is 2. The fourth-order valence-electron chi connectivity index (χ4n) is 5.68. The molecule has 2 bridgehead atoms. The zero-order chi connectivity index (χ0) is 23.3. The molecule has 8 nitrogen and oxygen atoms in total. The largest absolute Gasteiger partial charge is 0.486 e. The minimum absolute atomic E-state index is 0.190. The van der Waals surface area contributed by atoms with Crippen LogP contribution >= 0.6 is 15.9 Å². The van der Waals surface area contributed by atoms with Crippen molar-refractivity contribution in [3.63, 3.8) is 0 Å². The highest BCUT2D eigenvalue weighted by molar-refractivity contribution is 9.10. The molecule has 1 aliphatic heterocycles. The molecule has 4 aliphatic rings. The Kier molecular flexibility index (Phi) is 5.63. The number of nitrogens with zero attached hydrogens (tertiary/aromatic N) is 2. The molecule has 3 aliphatic carbocycles. The molecule has 1 amide bonds. The fourth-order valence-corrected chi connectivity index (χ4v) is 6.10. The van der Waals surface area contributed by atoms with E-state index in [0.717, 1.165) is 11.1 Å². The van der Waals surface area contributed by atoms with Crippen LogP contribution in [0.15, 0.2) is 33.7 Å².